The molecule has 0 aliphatic carbocycles. The average molecular weight is 290 g/mol. The molecule has 1 aliphatic heterocycles. The van der Waals surface area contributed by atoms with Crippen molar-refractivity contribution in [2.75, 3.05) is 6.61 Å². The minimum Gasteiger partial charge on any atom is -0.547 e. The molecule has 0 aromatic carbocycles. The van der Waals surface area contributed by atoms with Crippen LogP contribution < -0.4 is 56.5 Å². The van der Waals surface area contributed by atoms with Gasteiger partial charge in [0, 0.05) is 0 Å². The molecule has 0 radical (unpaired) electrons. The molecule has 6 atom stereocenters. The molecule has 1 fully saturated rings. The van der Waals surface area contributed by atoms with Crippen LogP contribution in [-0.4, -0.2) is 69.8 Å². The van der Waals surface area contributed by atoms with E-state index in [2.05, 4.69) is 0 Å². The Hall–Kier alpha value is 0.866. The molecule has 8 nitrogen and oxygen atoms in total. The van der Waals surface area contributed by atoms with Crippen LogP contribution in [0, 0.1) is 0 Å². The normalized spacial score (nSPS) is 37.7. The van der Waals surface area contributed by atoms with Crippen molar-refractivity contribution in [3.8, 4) is 0 Å². The summed E-state index contributed by atoms with van der Waals surface area (Å²) in [7, 11) is 0. The Morgan fingerprint density at radius 3 is 2.33 bits per heavy atom. The standard InChI is InChI=1S/C9H16O8.K/c1-3(8(14)15)16-9-7(13)6(12)5(11)4(2-10)17-9;/h3-7,9-13H,2H2,1H3,(H,14,15);/q;+1/p-1/t3-,4?,5+,6-,7?,9-;/m0./s1. The van der Waals surface area contributed by atoms with E-state index in [-0.39, 0.29) is 51.4 Å². The van der Waals surface area contributed by atoms with E-state index in [0.717, 1.165) is 6.92 Å². The zero-order valence-electron chi connectivity index (χ0n) is 10.1. The zero-order valence-corrected chi connectivity index (χ0v) is 13.2. The number of hydrogen-bond acceptors (Lipinski definition) is 8. The number of carbonyl (C=O) groups excluding carboxylic acids is 1. The number of rotatable bonds is 4. The van der Waals surface area contributed by atoms with E-state index in [0.29, 0.717) is 0 Å². The number of carboxylic acid groups (broad SMARTS) is 1. The molecular formula is C9H15KO8. The predicted molar refractivity (Wildman–Crippen MR) is 49.3 cm³/mol. The molecule has 1 saturated heterocycles. The van der Waals surface area contributed by atoms with Crippen LogP contribution in [0.2, 0.25) is 0 Å². The molecule has 0 aromatic heterocycles. The van der Waals surface area contributed by atoms with Crippen LogP contribution in [-0.2, 0) is 14.3 Å². The van der Waals surface area contributed by atoms with Gasteiger partial charge in [-0.1, -0.05) is 0 Å². The van der Waals surface area contributed by atoms with Crippen LogP contribution >= 0.6 is 0 Å². The Kier molecular flexibility index (Phi) is 8.62. The van der Waals surface area contributed by atoms with E-state index < -0.39 is 49.4 Å². The van der Waals surface area contributed by atoms with Crippen molar-refractivity contribution in [2.24, 2.45) is 0 Å². The minimum absolute atomic E-state index is 0. The SMILES string of the molecule is C[C@H](O[C@H]1OC(CO)[C@@H](O)[C@H](O)C1O)C(=O)[O-].[K+]. The van der Waals surface area contributed by atoms with E-state index in [1.165, 1.54) is 0 Å². The van der Waals surface area contributed by atoms with Crippen molar-refractivity contribution in [3.05, 3.63) is 0 Å². The van der Waals surface area contributed by atoms with Crippen LogP contribution in [0.4, 0.5) is 0 Å². The summed E-state index contributed by atoms with van der Waals surface area (Å²) >= 11 is 0. The maximum Gasteiger partial charge on any atom is 1.00 e. The summed E-state index contributed by atoms with van der Waals surface area (Å²) in [6, 6.07) is 0. The summed E-state index contributed by atoms with van der Waals surface area (Å²) in [5.74, 6) is -1.51. The van der Waals surface area contributed by atoms with E-state index in [9.17, 15) is 25.2 Å². The van der Waals surface area contributed by atoms with Gasteiger partial charge in [0.1, 0.15) is 24.4 Å². The first kappa shape index (κ1) is 18.9. The number of aliphatic hydroxyl groups excluding tert-OH is 4. The Morgan fingerprint density at radius 2 is 1.89 bits per heavy atom. The summed E-state index contributed by atoms with van der Waals surface area (Å²) in [5, 5.41) is 47.6. The predicted octanol–water partition coefficient (Wildman–Crippen LogP) is -7.05. The van der Waals surface area contributed by atoms with Crippen molar-refractivity contribution in [1.82, 2.24) is 0 Å². The fraction of sp³-hybridized carbons (Fsp3) is 0.889. The molecule has 0 aromatic rings. The van der Waals surface area contributed by atoms with Gasteiger partial charge in [0.05, 0.1) is 18.7 Å². The van der Waals surface area contributed by atoms with Gasteiger partial charge >= 0.3 is 51.4 Å². The summed E-state index contributed by atoms with van der Waals surface area (Å²) in [6.07, 6.45) is -8.68. The molecule has 1 rings (SSSR count). The van der Waals surface area contributed by atoms with Crippen molar-refractivity contribution in [3.63, 3.8) is 0 Å². The third-order valence-electron chi connectivity index (χ3n) is 2.52. The van der Waals surface area contributed by atoms with Gasteiger partial charge in [0.2, 0.25) is 0 Å². The van der Waals surface area contributed by atoms with E-state index in [1.54, 1.807) is 0 Å². The van der Waals surface area contributed by atoms with E-state index >= 15 is 0 Å². The van der Waals surface area contributed by atoms with Gasteiger partial charge in [-0.3, -0.25) is 0 Å². The number of carbonyl (C=O) groups is 1. The van der Waals surface area contributed by atoms with Crippen LogP contribution in [0.3, 0.4) is 0 Å². The van der Waals surface area contributed by atoms with Gasteiger partial charge in [-0.2, -0.15) is 0 Å². The van der Waals surface area contributed by atoms with Gasteiger partial charge in [-0.05, 0) is 6.92 Å². The van der Waals surface area contributed by atoms with Crippen molar-refractivity contribution in [1.29, 1.82) is 0 Å². The smallest absolute Gasteiger partial charge is 0.547 e. The third kappa shape index (κ3) is 4.46. The number of ether oxygens (including phenoxy) is 2. The fourth-order valence-electron chi connectivity index (χ4n) is 1.44. The maximum atomic E-state index is 10.4. The molecule has 9 heteroatoms. The zero-order chi connectivity index (χ0) is 13.2. The molecule has 0 amide bonds. The topological polar surface area (TPSA) is 140 Å². The molecule has 0 saturated carbocycles. The molecule has 1 heterocycles. The Balaban J connectivity index is 0.00000289. The summed E-state index contributed by atoms with van der Waals surface area (Å²) in [4.78, 5) is 10.4. The first-order valence-electron chi connectivity index (χ1n) is 5.05. The molecule has 2 unspecified atom stereocenters. The number of aliphatic hydroxyl groups is 4. The molecule has 18 heavy (non-hydrogen) atoms. The molecule has 1 aliphatic rings. The van der Waals surface area contributed by atoms with Gasteiger partial charge in [0.25, 0.3) is 0 Å². The maximum absolute atomic E-state index is 10.4. The van der Waals surface area contributed by atoms with Gasteiger partial charge in [0.15, 0.2) is 6.29 Å². The fourth-order valence-corrected chi connectivity index (χ4v) is 1.44. The number of carboxylic acids is 1. The van der Waals surface area contributed by atoms with Gasteiger partial charge < -0.3 is 39.8 Å². The van der Waals surface area contributed by atoms with Gasteiger partial charge in [-0.15, -0.1) is 0 Å². The molecule has 0 bridgehead atoms. The van der Waals surface area contributed by atoms with Crippen molar-refractivity contribution in [2.45, 2.75) is 43.7 Å². The van der Waals surface area contributed by atoms with Crippen molar-refractivity contribution >= 4 is 5.97 Å². The minimum atomic E-state index is -1.62. The van der Waals surface area contributed by atoms with E-state index in [1.807, 2.05) is 0 Å². The molecule has 100 valence electrons. The third-order valence-corrected chi connectivity index (χ3v) is 2.52. The van der Waals surface area contributed by atoms with Crippen LogP contribution in [0.25, 0.3) is 0 Å². The summed E-state index contributed by atoms with van der Waals surface area (Å²) in [6.45, 7) is 0.557. The second-order valence-corrected chi connectivity index (χ2v) is 3.79. The molecular weight excluding hydrogens is 275 g/mol. The second-order valence-electron chi connectivity index (χ2n) is 3.79. The first-order chi connectivity index (χ1) is 7.88. The number of aliphatic carboxylic acids is 1. The molecule has 0 spiro atoms. The van der Waals surface area contributed by atoms with Crippen LogP contribution in [0.5, 0.6) is 0 Å². The molecule has 4 N–H and O–H groups in total. The summed E-state index contributed by atoms with van der Waals surface area (Å²) in [5.41, 5.74) is 0. The van der Waals surface area contributed by atoms with Crippen LogP contribution in [0.1, 0.15) is 6.92 Å². The first-order valence-corrected chi connectivity index (χ1v) is 5.05. The largest absolute Gasteiger partial charge is 1.00 e. The summed E-state index contributed by atoms with van der Waals surface area (Å²) < 4.78 is 9.73. The Morgan fingerprint density at radius 1 is 1.33 bits per heavy atom. The average Bonchev–Trinajstić information content (AvgIpc) is 2.29. The monoisotopic (exact) mass is 290 g/mol. The Labute approximate surface area is 146 Å². The van der Waals surface area contributed by atoms with Crippen molar-refractivity contribution < 1.29 is 91.2 Å². The second kappa shape index (κ2) is 8.22. The van der Waals surface area contributed by atoms with Gasteiger partial charge in [-0.25, -0.2) is 0 Å². The Bertz CT molecular complexity index is 273. The van der Waals surface area contributed by atoms with E-state index in [4.69, 9.17) is 14.6 Å². The number of hydrogen-bond donors (Lipinski definition) is 4. The quantitative estimate of drug-likeness (QED) is 0.374. The van der Waals surface area contributed by atoms with Crippen LogP contribution in [0.15, 0.2) is 0 Å².